The number of methoxy groups -OCH3 is 1. The molecular formula is C58H62Cl2N2O17. The Kier molecular flexibility index (Phi) is 19.5. The molecule has 0 spiro atoms. The minimum Gasteiger partial charge on any atom is -0.463 e. The second kappa shape index (κ2) is 25.8. The van der Waals surface area contributed by atoms with Crippen LogP contribution in [0.15, 0.2) is 60.7 Å². The highest BCUT2D eigenvalue weighted by atomic mass is 35.5. The van der Waals surface area contributed by atoms with E-state index < -0.39 is 104 Å². The highest BCUT2D eigenvalue weighted by Gasteiger charge is 2.43. The van der Waals surface area contributed by atoms with Crippen molar-refractivity contribution in [2.24, 2.45) is 11.8 Å². The van der Waals surface area contributed by atoms with E-state index in [0.29, 0.717) is 62.7 Å². The minimum atomic E-state index is -1.22. The van der Waals surface area contributed by atoms with E-state index in [2.05, 4.69) is 13.2 Å². The summed E-state index contributed by atoms with van der Waals surface area (Å²) in [7, 11) is 1.56. The van der Waals surface area contributed by atoms with Crippen LogP contribution >= 0.6 is 23.2 Å². The van der Waals surface area contributed by atoms with Crippen LogP contribution in [0.25, 0.3) is 43.1 Å². The van der Waals surface area contributed by atoms with Crippen molar-refractivity contribution in [3.63, 3.8) is 0 Å². The van der Waals surface area contributed by atoms with Crippen molar-refractivity contribution in [2.75, 3.05) is 66.6 Å². The number of carbonyl (C=O) groups is 9. The number of amides is 4. The fourth-order valence-electron chi connectivity index (χ4n) is 9.81. The molecule has 79 heavy (non-hydrogen) atoms. The largest absolute Gasteiger partial charge is 0.463 e. The van der Waals surface area contributed by atoms with Gasteiger partial charge in [0.05, 0.1) is 62.5 Å². The molecule has 2 atom stereocenters. The van der Waals surface area contributed by atoms with Gasteiger partial charge in [0.15, 0.2) is 6.10 Å². The molecule has 2 heterocycles. The highest BCUT2D eigenvalue weighted by molar-refractivity contribution is 6.50. The Morgan fingerprint density at radius 3 is 1.38 bits per heavy atom. The van der Waals surface area contributed by atoms with E-state index in [1.165, 1.54) is 26.0 Å². The maximum Gasteiger partial charge on any atom is 0.333 e. The van der Waals surface area contributed by atoms with Crippen LogP contribution in [-0.4, -0.2) is 148 Å². The van der Waals surface area contributed by atoms with E-state index in [-0.39, 0.29) is 88.1 Å². The molecule has 21 heteroatoms. The van der Waals surface area contributed by atoms with Crippen molar-refractivity contribution in [1.82, 2.24) is 9.80 Å². The van der Waals surface area contributed by atoms with Gasteiger partial charge >= 0.3 is 29.8 Å². The number of hydrogen-bond acceptors (Lipinski definition) is 17. The monoisotopic (exact) mass is 1130 g/mol. The standard InChI is InChI=1S/C58H62Cl2N2O17/c1-29(2)20-33(24-75-44(63)14-15-45(64)79-35(26-77-57(70)31(5)6)27-78-58(71)32(7)8)61-53(66)38-12-10-36-50-43(60)23-41-48-39(13-11-37(52(48)50)49-42(59)22-40(55(61)68)47(38)51(36)49)54(67)62(56(41)69)34(21-30(3)4)25-76-46(65)28-74-19-18-73-17-16-72-9/h10-13,22-23,29-30,33-35H,5,7,14-21,24-28H2,1-4,6,8-9H3. The number of rotatable bonds is 28. The van der Waals surface area contributed by atoms with E-state index in [1.54, 1.807) is 31.4 Å². The molecule has 2 aliphatic rings. The average molecular weight is 1130 g/mol. The zero-order valence-corrected chi connectivity index (χ0v) is 46.6. The quantitative estimate of drug-likeness (QED) is 0.00865. The van der Waals surface area contributed by atoms with Gasteiger partial charge < -0.3 is 37.9 Å². The van der Waals surface area contributed by atoms with Crippen LogP contribution in [0.4, 0.5) is 0 Å². The molecular weight excluding hydrogens is 1070 g/mol. The van der Waals surface area contributed by atoms with Gasteiger partial charge in [-0.1, -0.05) is 76.2 Å². The van der Waals surface area contributed by atoms with Crippen molar-refractivity contribution in [2.45, 2.75) is 85.4 Å². The smallest absolute Gasteiger partial charge is 0.333 e. The molecule has 0 saturated heterocycles. The molecule has 19 nitrogen and oxygen atoms in total. The first kappa shape index (κ1) is 59.6. The first-order valence-electron chi connectivity index (χ1n) is 25.7. The Hall–Kier alpha value is -7.03. The van der Waals surface area contributed by atoms with Crippen LogP contribution in [0, 0.1) is 11.8 Å². The molecule has 2 aliphatic heterocycles. The number of carbonyl (C=O) groups excluding carboxylic acids is 9. The molecule has 5 aromatic carbocycles. The van der Waals surface area contributed by atoms with Gasteiger partial charge in [0.2, 0.25) is 0 Å². The SMILES string of the molecule is C=C(C)C(=O)OCC(COC(=O)C(=C)C)OC(=O)CCC(=O)OCC(CC(C)C)N1C(=O)c2ccc3c4c(Cl)cc5c6c(ccc(c7c(Cl)cc(c2c37)C1=O)c64)C(=O)N(C(COC(=O)COCCOCCOC)CC(C)C)C5=O. The van der Waals surface area contributed by atoms with Crippen molar-refractivity contribution >= 4 is 120 Å². The minimum absolute atomic E-state index is 0.0186. The summed E-state index contributed by atoms with van der Waals surface area (Å²) in [4.78, 5) is 124. The molecule has 5 aromatic rings. The van der Waals surface area contributed by atoms with Crippen LogP contribution in [0.2, 0.25) is 10.0 Å². The number of halogens is 2. The molecule has 0 fully saturated rings. The molecule has 7 rings (SSSR count). The highest BCUT2D eigenvalue weighted by Crippen LogP contribution is 2.50. The summed E-state index contributed by atoms with van der Waals surface area (Å²) in [5, 5.41) is 3.78. The number of fused-ring (bicyclic) bond motifs is 2. The lowest BCUT2D eigenvalue weighted by Gasteiger charge is -2.36. The summed E-state index contributed by atoms with van der Waals surface area (Å²) in [6.45, 7) is 16.6. The fraction of sp³-hybridized carbons (Fsp3) is 0.431. The van der Waals surface area contributed by atoms with Crippen LogP contribution in [0.5, 0.6) is 0 Å². The number of benzene rings is 5. The van der Waals surface area contributed by atoms with E-state index in [9.17, 15) is 43.2 Å². The van der Waals surface area contributed by atoms with E-state index >= 15 is 0 Å². The van der Waals surface area contributed by atoms with Crippen LogP contribution < -0.4 is 0 Å². The Morgan fingerprint density at radius 2 is 0.937 bits per heavy atom. The summed E-state index contributed by atoms with van der Waals surface area (Å²) < 4.78 is 42.4. The Balaban J connectivity index is 1.13. The number of hydrogen-bond donors (Lipinski definition) is 0. The predicted octanol–water partition coefficient (Wildman–Crippen LogP) is 8.76. The van der Waals surface area contributed by atoms with E-state index in [1.807, 2.05) is 27.7 Å². The lowest BCUT2D eigenvalue weighted by atomic mass is 9.81. The summed E-state index contributed by atoms with van der Waals surface area (Å²) >= 11 is 14.5. The zero-order valence-electron chi connectivity index (χ0n) is 45.0. The zero-order chi connectivity index (χ0) is 57.6. The first-order valence-corrected chi connectivity index (χ1v) is 26.5. The second-order valence-electron chi connectivity index (χ2n) is 20.3. The Morgan fingerprint density at radius 1 is 0.519 bits per heavy atom. The first-order chi connectivity index (χ1) is 37.5. The predicted molar refractivity (Wildman–Crippen MR) is 291 cm³/mol. The summed E-state index contributed by atoms with van der Waals surface area (Å²) in [6, 6.07) is 7.73. The molecule has 420 valence electrons. The summed E-state index contributed by atoms with van der Waals surface area (Å²) in [5.41, 5.74) is 0.782. The van der Waals surface area contributed by atoms with Crippen LogP contribution in [0.1, 0.15) is 109 Å². The van der Waals surface area contributed by atoms with Gasteiger partial charge in [-0.15, -0.1) is 0 Å². The molecule has 0 saturated carbocycles. The van der Waals surface area contributed by atoms with Gasteiger partial charge in [0.1, 0.15) is 33.0 Å². The van der Waals surface area contributed by atoms with Crippen LogP contribution in [-0.2, 0) is 61.9 Å². The molecule has 0 aliphatic carbocycles. The fourth-order valence-corrected chi connectivity index (χ4v) is 10.4. The van der Waals surface area contributed by atoms with E-state index in [4.69, 9.17) is 61.1 Å². The van der Waals surface area contributed by atoms with Gasteiger partial charge in [-0.25, -0.2) is 14.4 Å². The van der Waals surface area contributed by atoms with Crippen LogP contribution in [0.3, 0.4) is 0 Å². The maximum atomic E-state index is 14.8. The normalized spacial score (nSPS) is 14.1. The molecule has 4 amide bonds. The second-order valence-corrected chi connectivity index (χ2v) is 21.1. The Labute approximate surface area is 465 Å². The molecule has 0 aromatic heterocycles. The molecule has 0 bridgehead atoms. The number of esters is 5. The Bertz CT molecular complexity index is 3260. The molecule has 2 unspecified atom stereocenters. The van der Waals surface area contributed by atoms with Gasteiger partial charge in [-0.2, -0.15) is 0 Å². The topological polar surface area (TPSA) is 234 Å². The maximum absolute atomic E-state index is 14.8. The third-order valence-corrected chi connectivity index (χ3v) is 13.8. The van der Waals surface area contributed by atoms with Crippen molar-refractivity contribution in [3.05, 3.63) is 93.0 Å². The van der Waals surface area contributed by atoms with Gasteiger partial charge in [0.25, 0.3) is 23.6 Å². The van der Waals surface area contributed by atoms with Crippen molar-refractivity contribution in [1.29, 1.82) is 0 Å². The third-order valence-electron chi connectivity index (χ3n) is 13.2. The lowest BCUT2D eigenvalue weighted by molar-refractivity contribution is -0.165. The molecule has 0 radical (unpaired) electrons. The summed E-state index contributed by atoms with van der Waals surface area (Å²) in [6.07, 6.45) is -1.64. The van der Waals surface area contributed by atoms with Crippen molar-refractivity contribution < 1.29 is 81.0 Å². The van der Waals surface area contributed by atoms with Crippen molar-refractivity contribution in [3.8, 4) is 0 Å². The number of nitrogens with zero attached hydrogens (tertiary/aromatic N) is 2. The lowest BCUT2D eigenvalue weighted by Crippen LogP contribution is -2.50. The van der Waals surface area contributed by atoms with Gasteiger partial charge in [0, 0.05) is 71.7 Å². The number of ether oxygens (including phenoxy) is 8. The van der Waals surface area contributed by atoms with Gasteiger partial charge in [-0.05, 0) is 73.6 Å². The summed E-state index contributed by atoms with van der Waals surface area (Å²) in [5.74, 6) is -6.67. The molecule has 0 N–H and O–H groups in total. The van der Waals surface area contributed by atoms with E-state index in [0.717, 1.165) is 9.80 Å². The number of imide groups is 2. The average Bonchev–Trinajstić information content (AvgIpc) is 3.51. The third kappa shape index (κ3) is 13.0. The van der Waals surface area contributed by atoms with Gasteiger partial charge in [-0.3, -0.25) is 38.6 Å².